The number of hydrogen-bond acceptors (Lipinski definition) is 5. The molecule has 5 nitrogen and oxygen atoms in total. The van der Waals surface area contributed by atoms with E-state index < -0.39 is 10.9 Å². The van der Waals surface area contributed by atoms with E-state index in [-0.39, 0.29) is 5.69 Å². The van der Waals surface area contributed by atoms with Gasteiger partial charge in [-0.3, -0.25) is 10.1 Å². The average molecular weight is 368 g/mol. The van der Waals surface area contributed by atoms with E-state index >= 15 is 0 Å². The number of methoxy groups -OCH3 is 1. The average Bonchev–Trinajstić information content (AvgIpc) is 2.49. The van der Waals surface area contributed by atoms with Gasteiger partial charge in [0.05, 0.1) is 17.6 Å². The molecule has 2 rings (SSSR count). The van der Waals surface area contributed by atoms with E-state index in [1.54, 1.807) is 30.3 Å². The molecule has 0 aliphatic heterocycles. The molecule has 0 atom stereocenters. The predicted octanol–water partition coefficient (Wildman–Crippen LogP) is 4.30. The highest BCUT2D eigenvalue weighted by Crippen LogP contribution is 2.34. The molecule has 0 heterocycles. The molecular formula is C14H10BrNO4S. The van der Waals surface area contributed by atoms with Crippen molar-refractivity contribution in [1.29, 1.82) is 0 Å². The van der Waals surface area contributed by atoms with Gasteiger partial charge in [-0.25, -0.2) is 4.79 Å². The van der Waals surface area contributed by atoms with E-state index in [9.17, 15) is 14.9 Å². The largest absolute Gasteiger partial charge is 0.465 e. The Labute approximate surface area is 133 Å². The third kappa shape index (κ3) is 3.83. The van der Waals surface area contributed by atoms with Gasteiger partial charge in [0.25, 0.3) is 5.69 Å². The van der Waals surface area contributed by atoms with Crippen molar-refractivity contribution in [2.24, 2.45) is 0 Å². The van der Waals surface area contributed by atoms with Crippen molar-refractivity contribution in [2.75, 3.05) is 7.11 Å². The zero-order valence-corrected chi connectivity index (χ0v) is 13.3. The van der Waals surface area contributed by atoms with Gasteiger partial charge in [0.1, 0.15) is 0 Å². The molecule has 0 aliphatic carbocycles. The number of nitro groups is 1. The number of benzene rings is 2. The van der Waals surface area contributed by atoms with Crippen LogP contribution in [0.4, 0.5) is 5.69 Å². The molecule has 0 saturated carbocycles. The lowest BCUT2D eigenvalue weighted by molar-refractivity contribution is -0.384. The lowest BCUT2D eigenvalue weighted by atomic mass is 10.2. The number of rotatable bonds is 4. The first-order valence-electron chi connectivity index (χ1n) is 5.81. The molecule has 0 unspecified atom stereocenters. The number of ether oxygens (including phenoxy) is 1. The van der Waals surface area contributed by atoms with E-state index in [0.717, 1.165) is 14.3 Å². The van der Waals surface area contributed by atoms with E-state index in [2.05, 4.69) is 20.7 Å². The number of nitrogens with zero attached hydrogens (tertiary/aromatic N) is 1. The lowest BCUT2D eigenvalue weighted by Gasteiger charge is -2.06. The molecule has 0 radical (unpaired) electrons. The van der Waals surface area contributed by atoms with Gasteiger partial charge in [-0.2, -0.15) is 0 Å². The van der Waals surface area contributed by atoms with E-state index in [4.69, 9.17) is 0 Å². The van der Waals surface area contributed by atoms with Crippen molar-refractivity contribution in [3.63, 3.8) is 0 Å². The summed E-state index contributed by atoms with van der Waals surface area (Å²) in [6.07, 6.45) is 0. The zero-order chi connectivity index (χ0) is 15.4. The Bertz CT molecular complexity index is 688. The molecule has 0 bridgehead atoms. The second-order valence-electron chi connectivity index (χ2n) is 3.99. The van der Waals surface area contributed by atoms with Crippen LogP contribution in [-0.2, 0) is 4.74 Å². The topological polar surface area (TPSA) is 69.4 Å². The smallest absolute Gasteiger partial charge is 0.337 e. The minimum absolute atomic E-state index is 0.0551. The molecule has 0 fully saturated rings. The fourth-order valence-electron chi connectivity index (χ4n) is 1.59. The Kier molecular flexibility index (Phi) is 4.98. The van der Waals surface area contributed by atoms with Crippen molar-refractivity contribution < 1.29 is 14.5 Å². The second-order valence-corrected chi connectivity index (χ2v) is 5.96. The van der Waals surface area contributed by atoms with Gasteiger partial charge in [0.15, 0.2) is 0 Å². The van der Waals surface area contributed by atoms with Crippen LogP contribution in [0.3, 0.4) is 0 Å². The van der Waals surface area contributed by atoms with E-state index in [1.807, 2.05) is 0 Å². The number of halogens is 1. The van der Waals surface area contributed by atoms with Gasteiger partial charge < -0.3 is 4.74 Å². The minimum atomic E-state index is -0.435. The fraction of sp³-hybridized carbons (Fsp3) is 0.0714. The van der Waals surface area contributed by atoms with Gasteiger partial charge in [-0.1, -0.05) is 11.8 Å². The summed E-state index contributed by atoms with van der Waals surface area (Å²) >= 11 is 4.84. The Morgan fingerprint density at radius 2 is 1.90 bits per heavy atom. The van der Waals surface area contributed by atoms with Gasteiger partial charge in [0.2, 0.25) is 0 Å². The van der Waals surface area contributed by atoms with Crippen LogP contribution in [0.25, 0.3) is 0 Å². The molecule has 0 amide bonds. The highest BCUT2D eigenvalue weighted by atomic mass is 79.9. The summed E-state index contributed by atoms with van der Waals surface area (Å²) in [6.45, 7) is 0. The molecule has 7 heteroatoms. The van der Waals surface area contributed by atoms with Crippen LogP contribution in [0.5, 0.6) is 0 Å². The summed E-state index contributed by atoms with van der Waals surface area (Å²) in [4.78, 5) is 23.4. The van der Waals surface area contributed by atoms with Crippen LogP contribution in [-0.4, -0.2) is 18.0 Å². The first kappa shape index (κ1) is 15.5. The van der Waals surface area contributed by atoms with Crippen LogP contribution < -0.4 is 0 Å². The molecule has 0 saturated heterocycles. The fourth-order valence-corrected chi connectivity index (χ4v) is 3.03. The van der Waals surface area contributed by atoms with E-state index in [1.165, 1.54) is 31.0 Å². The van der Waals surface area contributed by atoms with Crippen LogP contribution in [0.15, 0.2) is 56.7 Å². The molecule has 21 heavy (non-hydrogen) atoms. The maximum Gasteiger partial charge on any atom is 0.337 e. The standard InChI is InChI=1S/C14H10BrNO4S/c1-20-14(17)9-2-7-13(12(15)8-9)21-11-5-3-10(4-6-11)16(18)19/h2-8H,1H3. The first-order valence-corrected chi connectivity index (χ1v) is 7.42. The van der Waals surface area contributed by atoms with Gasteiger partial charge in [0, 0.05) is 26.4 Å². The first-order chi connectivity index (χ1) is 10.0. The third-order valence-electron chi connectivity index (χ3n) is 2.63. The maximum absolute atomic E-state index is 11.4. The number of carbonyl (C=O) groups excluding carboxylic acids is 1. The number of nitro benzene ring substituents is 1. The lowest BCUT2D eigenvalue weighted by Crippen LogP contribution is -2.00. The van der Waals surface area contributed by atoms with Crippen molar-refractivity contribution >= 4 is 39.3 Å². The van der Waals surface area contributed by atoms with Gasteiger partial charge >= 0.3 is 5.97 Å². The third-order valence-corrected chi connectivity index (χ3v) is 4.63. The molecule has 2 aromatic carbocycles. The highest BCUT2D eigenvalue weighted by molar-refractivity contribution is 9.10. The van der Waals surface area contributed by atoms with Crippen molar-refractivity contribution in [1.82, 2.24) is 0 Å². The summed E-state index contributed by atoms with van der Waals surface area (Å²) < 4.78 is 5.41. The normalized spacial score (nSPS) is 10.2. The second kappa shape index (κ2) is 6.73. The van der Waals surface area contributed by atoms with Crippen LogP contribution >= 0.6 is 27.7 Å². The molecule has 0 aliphatic rings. The van der Waals surface area contributed by atoms with Crippen LogP contribution in [0.1, 0.15) is 10.4 Å². The summed E-state index contributed by atoms with van der Waals surface area (Å²) in [7, 11) is 1.33. The van der Waals surface area contributed by atoms with Crippen molar-refractivity contribution in [2.45, 2.75) is 9.79 Å². The molecule has 2 aromatic rings. The maximum atomic E-state index is 11.4. The number of carbonyl (C=O) groups is 1. The summed E-state index contributed by atoms with van der Waals surface area (Å²) in [5.41, 5.74) is 0.511. The summed E-state index contributed by atoms with van der Waals surface area (Å²) in [5.74, 6) is -0.400. The van der Waals surface area contributed by atoms with Crippen molar-refractivity contribution in [3.8, 4) is 0 Å². The summed E-state index contributed by atoms with van der Waals surface area (Å²) in [6, 6.07) is 11.4. The van der Waals surface area contributed by atoms with Gasteiger partial charge in [-0.05, 0) is 46.3 Å². The molecule has 0 aromatic heterocycles. The van der Waals surface area contributed by atoms with Crippen molar-refractivity contribution in [3.05, 3.63) is 62.6 Å². The molecular weight excluding hydrogens is 358 g/mol. The predicted molar refractivity (Wildman–Crippen MR) is 82.7 cm³/mol. The van der Waals surface area contributed by atoms with Crippen LogP contribution in [0.2, 0.25) is 0 Å². The van der Waals surface area contributed by atoms with E-state index in [0.29, 0.717) is 5.56 Å². The monoisotopic (exact) mass is 367 g/mol. The Hall–Kier alpha value is -1.86. The zero-order valence-electron chi connectivity index (χ0n) is 10.9. The molecule has 0 spiro atoms. The Morgan fingerprint density at radius 3 is 2.43 bits per heavy atom. The Balaban J connectivity index is 2.19. The summed E-state index contributed by atoms with van der Waals surface area (Å²) in [5, 5.41) is 10.6. The number of esters is 1. The SMILES string of the molecule is COC(=O)c1ccc(Sc2ccc([N+](=O)[O-])cc2)c(Br)c1. The Morgan fingerprint density at radius 1 is 1.24 bits per heavy atom. The number of hydrogen-bond donors (Lipinski definition) is 0. The van der Waals surface area contributed by atoms with Crippen LogP contribution in [0, 0.1) is 10.1 Å². The molecule has 108 valence electrons. The molecule has 0 N–H and O–H groups in total. The quantitative estimate of drug-likeness (QED) is 0.457. The number of non-ortho nitro benzene ring substituents is 1. The minimum Gasteiger partial charge on any atom is -0.465 e. The van der Waals surface area contributed by atoms with Gasteiger partial charge in [-0.15, -0.1) is 0 Å². The highest BCUT2D eigenvalue weighted by Gasteiger charge is 2.10.